The molecule has 1 saturated carbocycles. The SMILES string of the molecule is CC1(C)CC1n1c(=S)[nH]c2sc3c(c2c1=O)CCCC3. The molecule has 2 aliphatic rings. The van der Waals surface area contributed by atoms with E-state index in [2.05, 4.69) is 18.8 Å². The fourth-order valence-corrected chi connectivity index (χ4v) is 5.07. The van der Waals surface area contributed by atoms with Gasteiger partial charge in [0.2, 0.25) is 0 Å². The van der Waals surface area contributed by atoms with Crippen LogP contribution in [0.5, 0.6) is 0 Å². The van der Waals surface area contributed by atoms with Crippen LogP contribution in [0, 0.1) is 10.2 Å². The van der Waals surface area contributed by atoms with Gasteiger partial charge in [-0.25, -0.2) is 0 Å². The van der Waals surface area contributed by atoms with Gasteiger partial charge in [0.15, 0.2) is 4.77 Å². The third-order valence-electron chi connectivity index (χ3n) is 4.82. The second-order valence-electron chi connectivity index (χ2n) is 6.73. The number of aromatic nitrogens is 2. The Hall–Kier alpha value is -0.940. The molecule has 0 amide bonds. The van der Waals surface area contributed by atoms with E-state index < -0.39 is 0 Å². The van der Waals surface area contributed by atoms with E-state index in [9.17, 15) is 4.79 Å². The molecule has 3 nitrogen and oxygen atoms in total. The molecular formula is C15H18N2OS2. The molecule has 106 valence electrons. The van der Waals surface area contributed by atoms with Crippen LogP contribution in [0.2, 0.25) is 0 Å². The van der Waals surface area contributed by atoms with Gasteiger partial charge in [-0.1, -0.05) is 13.8 Å². The maximum Gasteiger partial charge on any atom is 0.263 e. The molecule has 1 unspecified atom stereocenters. The normalized spacial score (nSPS) is 23.8. The summed E-state index contributed by atoms with van der Waals surface area (Å²) in [5.74, 6) is 0. The lowest BCUT2D eigenvalue weighted by molar-refractivity contribution is 0.524. The molecule has 0 aliphatic heterocycles. The molecule has 1 atom stereocenters. The first-order valence-electron chi connectivity index (χ1n) is 7.28. The number of H-pyrrole nitrogens is 1. The highest BCUT2D eigenvalue weighted by molar-refractivity contribution is 7.71. The average Bonchev–Trinajstić information content (AvgIpc) is 2.84. The Bertz CT molecular complexity index is 825. The summed E-state index contributed by atoms with van der Waals surface area (Å²) in [7, 11) is 0. The summed E-state index contributed by atoms with van der Waals surface area (Å²) < 4.78 is 2.43. The number of nitrogens with one attached hydrogen (secondary N) is 1. The van der Waals surface area contributed by atoms with Crippen LogP contribution >= 0.6 is 23.6 Å². The molecule has 2 aromatic heterocycles. The Morgan fingerprint density at radius 3 is 2.75 bits per heavy atom. The minimum absolute atomic E-state index is 0.138. The van der Waals surface area contributed by atoms with E-state index in [4.69, 9.17) is 12.2 Å². The van der Waals surface area contributed by atoms with E-state index in [1.807, 2.05) is 4.57 Å². The summed E-state index contributed by atoms with van der Waals surface area (Å²) in [6.07, 6.45) is 5.64. The molecule has 0 radical (unpaired) electrons. The lowest BCUT2D eigenvalue weighted by Gasteiger charge is -2.11. The first kappa shape index (κ1) is 12.8. The predicted octanol–water partition coefficient (Wildman–Crippen LogP) is 3.97. The largest absolute Gasteiger partial charge is 0.323 e. The highest BCUT2D eigenvalue weighted by Gasteiger charge is 2.48. The lowest BCUT2D eigenvalue weighted by Crippen LogP contribution is -2.23. The van der Waals surface area contributed by atoms with Crippen LogP contribution in [-0.2, 0) is 12.8 Å². The van der Waals surface area contributed by atoms with Gasteiger partial charge in [0.1, 0.15) is 4.83 Å². The smallest absolute Gasteiger partial charge is 0.263 e. The van der Waals surface area contributed by atoms with Crippen LogP contribution < -0.4 is 5.56 Å². The molecule has 0 bridgehead atoms. The van der Waals surface area contributed by atoms with Crippen LogP contribution in [0.25, 0.3) is 10.2 Å². The summed E-state index contributed by atoms with van der Waals surface area (Å²) in [4.78, 5) is 18.6. The summed E-state index contributed by atoms with van der Waals surface area (Å²) in [6.45, 7) is 4.40. The van der Waals surface area contributed by atoms with Crippen LogP contribution in [0.4, 0.5) is 0 Å². The number of nitrogens with zero attached hydrogens (tertiary/aromatic N) is 1. The van der Waals surface area contributed by atoms with Crippen LogP contribution in [0.3, 0.4) is 0 Å². The van der Waals surface area contributed by atoms with Gasteiger partial charge in [0.05, 0.1) is 5.39 Å². The molecule has 1 fully saturated rings. The van der Waals surface area contributed by atoms with Gasteiger partial charge >= 0.3 is 0 Å². The van der Waals surface area contributed by atoms with Crippen molar-refractivity contribution in [3.05, 3.63) is 25.6 Å². The van der Waals surface area contributed by atoms with Gasteiger partial charge in [0, 0.05) is 10.9 Å². The van der Waals surface area contributed by atoms with Gasteiger partial charge < -0.3 is 4.98 Å². The third kappa shape index (κ3) is 1.69. The number of thiophene rings is 1. The zero-order valence-corrected chi connectivity index (χ0v) is 13.4. The second kappa shape index (κ2) is 4.04. The van der Waals surface area contributed by atoms with Gasteiger partial charge in [-0.2, -0.15) is 0 Å². The quantitative estimate of drug-likeness (QED) is 0.810. The molecule has 5 heteroatoms. The van der Waals surface area contributed by atoms with E-state index in [0.29, 0.717) is 4.77 Å². The fraction of sp³-hybridized carbons (Fsp3) is 0.600. The highest BCUT2D eigenvalue weighted by atomic mass is 32.1. The monoisotopic (exact) mass is 306 g/mol. The van der Waals surface area contributed by atoms with E-state index in [0.717, 1.165) is 29.5 Å². The van der Waals surface area contributed by atoms with E-state index in [1.54, 1.807) is 11.3 Å². The molecule has 4 rings (SSSR count). The first-order valence-corrected chi connectivity index (χ1v) is 8.50. The fourth-order valence-electron chi connectivity index (χ4n) is 3.41. The van der Waals surface area contributed by atoms with Crippen LogP contribution in [-0.4, -0.2) is 9.55 Å². The molecule has 2 heterocycles. The predicted molar refractivity (Wildman–Crippen MR) is 85.3 cm³/mol. The number of rotatable bonds is 1. The summed E-state index contributed by atoms with van der Waals surface area (Å²) in [6, 6.07) is 0.266. The number of fused-ring (bicyclic) bond motifs is 3. The lowest BCUT2D eigenvalue weighted by atomic mass is 9.97. The van der Waals surface area contributed by atoms with E-state index >= 15 is 0 Å². The highest BCUT2D eigenvalue weighted by Crippen LogP contribution is 2.55. The molecule has 0 spiro atoms. The Labute approximate surface area is 126 Å². The Morgan fingerprint density at radius 1 is 1.35 bits per heavy atom. The first-order chi connectivity index (χ1) is 9.49. The summed E-state index contributed by atoms with van der Waals surface area (Å²) >= 11 is 7.17. The minimum Gasteiger partial charge on any atom is -0.323 e. The van der Waals surface area contributed by atoms with Crippen molar-refractivity contribution in [2.24, 2.45) is 5.41 Å². The second-order valence-corrected chi connectivity index (χ2v) is 8.22. The average molecular weight is 306 g/mol. The van der Waals surface area contributed by atoms with Gasteiger partial charge in [-0.3, -0.25) is 9.36 Å². The Balaban J connectivity index is 2.03. The molecule has 2 aromatic rings. The third-order valence-corrected chi connectivity index (χ3v) is 6.32. The van der Waals surface area contributed by atoms with Crippen molar-refractivity contribution in [1.82, 2.24) is 9.55 Å². The molecule has 0 aromatic carbocycles. The van der Waals surface area contributed by atoms with Crippen molar-refractivity contribution < 1.29 is 0 Å². The van der Waals surface area contributed by atoms with Crippen molar-refractivity contribution in [2.75, 3.05) is 0 Å². The van der Waals surface area contributed by atoms with Crippen LogP contribution in [0.1, 0.15) is 49.6 Å². The number of aromatic amines is 1. The van der Waals surface area contributed by atoms with Crippen LogP contribution in [0.15, 0.2) is 4.79 Å². The molecule has 2 aliphatic carbocycles. The van der Waals surface area contributed by atoms with E-state index in [1.165, 1.54) is 23.3 Å². The van der Waals surface area contributed by atoms with Crippen molar-refractivity contribution in [2.45, 2.75) is 52.0 Å². The Kier molecular flexibility index (Phi) is 2.58. The zero-order valence-electron chi connectivity index (χ0n) is 11.8. The zero-order chi connectivity index (χ0) is 14.1. The number of aryl methyl sites for hydroxylation is 2. The molecule has 20 heavy (non-hydrogen) atoms. The van der Waals surface area contributed by atoms with Crippen molar-refractivity contribution in [1.29, 1.82) is 0 Å². The number of hydrogen-bond donors (Lipinski definition) is 1. The maximum absolute atomic E-state index is 12.9. The minimum atomic E-state index is 0.138. The standard InChI is InChI=1S/C15H18N2OS2/c1-15(2)7-10(15)17-13(18)11-8-5-3-4-6-9(8)20-12(11)16-14(17)19/h10H,3-7H2,1-2H3,(H,16,19). The van der Waals surface area contributed by atoms with Gasteiger partial charge in [0.25, 0.3) is 5.56 Å². The summed E-state index contributed by atoms with van der Waals surface area (Å²) in [5.41, 5.74) is 1.63. The van der Waals surface area contributed by atoms with Crippen molar-refractivity contribution >= 4 is 33.8 Å². The topological polar surface area (TPSA) is 37.8 Å². The maximum atomic E-state index is 12.9. The number of hydrogen-bond acceptors (Lipinski definition) is 3. The molecular weight excluding hydrogens is 288 g/mol. The summed E-state index contributed by atoms with van der Waals surface area (Å²) in [5, 5.41) is 0.918. The molecule has 0 saturated heterocycles. The van der Waals surface area contributed by atoms with Crippen molar-refractivity contribution in [3.63, 3.8) is 0 Å². The Morgan fingerprint density at radius 2 is 2.05 bits per heavy atom. The van der Waals surface area contributed by atoms with Gasteiger partial charge in [-0.05, 0) is 55.3 Å². The van der Waals surface area contributed by atoms with Gasteiger partial charge in [-0.15, -0.1) is 11.3 Å². The van der Waals surface area contributed by atoms with E-state index in [-0.39, 0.29) is 17.0 Å². The van der Waals surface area contributed by atoms with Crippen molar-refractivity contribution in [3.8, 4) is 0 Å². The molecule has 1 N–H and O–H groups in total.